The molecule has 3 aromatic rings. The highest BCUT2D eigenvalue weighted by Gasteiger charge is 2.27. The van der Waals surface area contributed by atoms with Crippen LogP contribution in [0.1, 0.15) is 11.1 Å². The Balaban J connectivity index is 1.31. The number of carbonyl (C=O) groups excluding carboxylic acids is 1. The van der Waals surface area contributed by atoms with Crippen LogP contribution in [-0.2, 0) is 4.79 Å². The second kappa shape index (κ2) is 16.3. The molecule has 10 heteroatoms. The molecule has 44 heavy (non-hydrogen) atoms. The Hall–Kier alpha value is -3.83. The zero-order valence-electron chi connectivity index (χ0n) is 26.1. The second-order valence-electron chi connectivity index (χ2n) is 11.1. The molecule has 1 saturated heterocycles. The fraction of sp³-hybridized carbons (Fsp3) is 0.441. The molecule has 2 atom stereocenters. The summed E-state index contributed by atoms with van der Waals surface area (Å²) in [4.78, 5) is 19.8. The van der Waals surface area contributed by atoms with Crippen molar-refractivity contribution < 1.29 is 34.0 Å². The van der Waals surface area contributed by atoms with Crippen molar-refractivity contribution in [1.29, 1.82) is 0 Å². The monoisotopic (exact) mass is 607 g/mol. The maximum absolute atomic E-state index is 13.8. The Morgan fingerprint density at radius 2 is 1.20 bits per heavy atom. The van der Waals surface area contributed by atoms with E-state index in [9.17, 15) is 15.0 Å². The number of β-amino-alcohol motifs (C(OH)–C–C–N with tert-alkyl or cyclic N) is 1. The van der Waals surface area contributed by atoms with Gasteiger partial charge in [-0.2, -0.15) is 0 Å². The zero-order chi connectivity index (χ0) is 31.5. The molecule has 0 spiro atoms. The van der Waals surface area contributed by atoms with Gasteiger partial charge in [0.05, 0.1) is 27.3 Å². The molecule has 0 aliphatic carbocycles. The van der Waals surface area contributed by atoms with E-state index in [0.29, 0.717) is 42.6 Å². The van der Waals surface area contributed by atoms with Gasteiger partial charge < -0.3 is 34.1 Å². The molecule has 0 aromatic heterocycles. The lowest BCUT2D eigenvalue weighted by Crippen LogP contribution is -2.52. The SMILES string of the molecule is COc1ccccc1OC[C@H](O)CN1CCN(CC(=O)N(C[C@@H](O)COc2ccccc2OC)c2c(C)cccc2C)CC1. The van der Waals surface area contributed by atoms with Gasteiger partial charge in [0.1, 0.15) is 25.4 Å². The molecule has 1 aliphatic rings. The summed E-state index contributed by atoms with van der Waals surface area (Å²) in [5, 5.41) is 21.6. The number of hydrogen-bond acceptors (Lipinski definition) is 9. The minimum Gasteiger partial charge on any atom is -0.493 e. The van der Waals surface area contributed by atoms with E-state index >= 15 is 0 Å². The number of nitrogens with zero attached hydrogens (tertiary/aromatic N) is 3. The third-order valence-corrected chi connectivity index (χ3v) is 7.70. The number of benzene rings is 3. The highest BCUT2D eigenvalue weighted by atomic mass is 16.5. The summed E-state index contributed by atoms with van der Waals surface area (Å²) in [7, 11) is 3.16. The molecule has 2 N–H and O–H groups in total. The number of hydrogen-bond donors (Lipinski definition) is 2. The summed E-state index contributed by atoms with van der Waals surface area (Å²) in [6.07, 6.45) is -1.58. The maximum Gasteiger partial charge on any atom is 0.241 e. The van der Waals surface area contributed by atoms with Gasteiger partial charge in [0, 0.05) is 38.4 Å². The number of anilines is 1. The average molecular weight is 608 g/mol. The predicted molar refractivity (Wildman–Crippen MR) is 170 cm³/mol. The molecule has 4 rings (SSSR count). The van der Waals surface area contributed by atoms with Crippen molar-refractivity contribution in [2.75, 3.05) is 78.1 Å². The average Bonchev–Trinajstić information content (AvgIpc) is 3.03. The second-order valence-corrected chi connectivity index (χ2v) is 11.1. The van der Waals surface area contributed by atoms with Crippen molar-refractivity contribution in [3.05, 3.63) is 77.9 Å². The molecule has 1 aliphatic heterocycles. The van der Waals surface area contributed by atoms with Gasteiger partial charge >= 0.3 is 0 Å². The Bertz CT molecular complexity index is 1330. The van der Waals surface area contributed by atoms with Crippen LogP contribution in [0.25, 0.3) is 0 Å². The van der Waals surface area contributed by atoms with Crippen LogP contribution in [0.3, 0.4) is 0 Å². The number of ether oxygens (including phenoxy) is 4. The fourth-order valence-corrected chi connectivity index (χ4v) is 5.42. The number of para-hydroxylation sites is 5. The van der Waals surface area contributed by atoms with Gasteiger partial charge in [-0.3, -0.25) is 14.6 Å². The number of aliphatic hydroxyl groups excluding tert-OH is 2. The molecular weight excluding hydrogens is 562 g/mol. The molecule has 238 valence electrons. The van der Waals surface area contributed by atoms with Crippen molar-refractivity contribution in [3.8, 4) is 23.0 Å². The molecule has 0 unspecified atom stereocenters. The first kappa shape index (κ1) is 33.1. The lowest BCUT2D eigenvalue weighted by atomic mass is 10.1. The Morgan fingerprint density at radius 1 is 0.727 bits per heavy atom. The normalized spacial score (nSPS) is 15.3. The van der Waals surface area contributed by atoms with Crippen LogP contribution in [0, 0.1) is 13.8 Å². The zero-order valence-corrected chi connectivity index (χ0v) is 26.1. The van der Waals surface area contributed by atoms with Crippen molar-refractivity contribution in [3.63, 3.8) is 0 Å². The predicted octanol–water partition coefficient (Wildman–Crippen LogP) is 3.15. The van der Waals surface area contributed by atoms with E-state index in [0.717, 1.165) is 29.9 Å². The third-order valence-electron chi connectivity index (χ3n) is 7.70. The largest absolute Gasteiger partial charge is 0.493 e. The van der Waals surface area contributed by atoms with Crippen molar-refractivity contribution in [2.45, 2.75) is 26.1 Å². The summed E-state index contributed by atoms with van der Waals surface area (Å²) in [5.74, 6) is 2.26. The number of amides is 1. The standard InChI is InChI=1S/C34H45N3O7/c1-25-10-9-11-26(2)34(25)37(21-28(39)24-44-32-15-8-6-13-30(32)42-4)33(40)22-36-18-16-35(17-19-36)20-27(38)23-43-31-14-7-5-12-29(31)41-3/h5-15,27-28,38-39H,16-24H2,1-4H3/t27-,28-/m1/s1. The number of carbonyl (C=O) groups is 1. The van der Waals surface area contributed by atoms with Crippen molar-refractivity contribution in [2.24, 2.45) is 0 Å². The van der Waals surface area contributed by atoms with E-state index in [1.54, 1.807) is 31.3 Å². The highest BCUT2D eigenvalue weighted by Crippen LogP contribution is 2.28. The smallest absolute Gasteiger partial charge is 0.241 e. The van der Waals surface area contributed by atoms with Gasteiger partial charge in [0.15, 0.2) is 23.0 Å². The van der Waals surface area contributed by atoms with Gasteiger partial charge in [-0.25, -0.2) is 0 Å². The van der Waals surface area contributed by atoms with E-state index in [1.807, 2.05) is 68.4 Å². The van der Waals surface area contributed by atoms with E-state index in [-0.39, 0.29) is 32.2 Å². The van der Waals surface area contributed by atoms with Crippen LogP contribution >= 0.6 is 0 Å². The van der Waals surface area contributed by atoms with E-state index < -0.39 is 12.2 Å². The number of rotatable bonds is 15. The van der Waals surface area contributed by atoms with Gasteiger partial charge in [0.25, 0.3) is 0 Å². The van der Waals surface area contributed by atoms with Crippen LogP contribution in [0.2, 0.25) is 0 Å². The van der Waals surface area contributed by atoms with Crippen molar-refractivity contribution in [1.82, 2.24) is 9.80 Å². The molecule has 1 heterocycles. The van der Waals surface area contributed by atoms with E-state index in [4.69, 9.17) is 18.9 Å². The van der Waals surface area contributed by atoms with Crippen LogP contribution in [-0.4, -0.2) is 111 Å². The molecule has 10 nitrogen and oxygen atoms in total. The number of aryl methyl sites for hydroxylation is 2. The first-order valence-corrected chi connectivity index (χ1v) is 15.0. The molecular formula is C34H45N3O7. The summed E-state index contributed by atoms with van der Waals surface area (Å²) in [6.45, 7) is 7.73. The maximum atomic E-state index is 13.8. The number of aliphatic hydroxyl groups is 2. The topological polar surface area (TPSA) is 104 Å². The summed E-state index contributed by atoms with van der Waals surface area (Å²) in [5.41, 5.74) is 2.74. The Kier molecular flexibility index (Phi) is 12.3. The summed E-state index contributed by atoms with van der Waals surface area (Å²) in [6, 6.07) is 20.6. The van der Waals surface area contributed by atoms with E-state index in [2.05, 4.69) is 9.80 Å². The minimum absolute atomic E-state index is 0.0108. The lowest BCUT2D eigenvalue weighted by molar-refractivity contribution is -0.120. The van der Waals surface area contributed by atoms with Gasteiger partial charge in [-0.1, -0.05) is 42.5 Å². The van der Waals surface area contributed by atoms with Crippen molar-refractivity contribution >= 4 is 11.6 Å². The Labute approximate surface area is 260 Å². The number of piperazine rings is 1. The molecule has 1 amide bonds. The fourth-order valence-electron chi connectivity index (χ4n) is 5.42. The van der Waals surface area contributed by atoms with Crippen LogP contribution in [0.4, 0.5) is 5.69 Å². The molecule has 0 radical (unpaired) electrons. The molecule has 0 bridgehead atoms. The van der Waals surface area contributed by atoms with Crippen LogP contribution in [0.15, 0.2) is 66.7 Å². The molecule has 3 aromatic carbocycles. The van der Waals surface area contributed by atoms with E-state index in [1.165, 1.54) is 0 Å². The highest BCUT2D eigenvalue weighted by molar-refractivity contribution is 5.96. The first-order chi connectivity index (χ1) is 21.3. The summed E-state index contributed by atoms with van der Waals surface area (Å²) >= 11 is 0. The van der Waals surface area contributed by atoms with Gasteiger partial charge in [-0.05, 0) is 49.2 Å². The third kappa shape index (κ3) is 9.09. The summed E-state index contributed by atoms with van der Waals surface area (Å²) < 4.78 is 22.3. The van der Waals surface area contributed by atoms with Gasteiger partial charge in [-0.15, -0.1) is 0 Å². The minimum atomic E-state index is -0.917. The van der Waals surface area contributed by atoms with Crippen LogP contribution in [0.5, 0.6) is 23.0 Å². The number of methoxy groups -OCH3 is 2. The molecule has 1 fully saturated rings. The lowest BCUT2D eigenvalue weighted by Gasteiger charge is -2.36. The van der Waals surface area contributed by atoms with Gasteiger partial charge in [0.2, 0.25) is 5.91 Å². The first-order valence-electron chi connectivity index (χ1n) is 15.0. The molecule has 0 saturated carbocycles. The quantitative estimate of drug-likeness (QED) is 0.270. The van der Waals surface area contributed by atoms with Crippen LogP contribution < -0.4 is 23.8 Å². The Morgan fingerprint density at radius 3 is 1.73 bits per heavy atom.